The molecule has 0 amide bonds. The van der Waals surface area contributed by atoms with Gasteiger partial charge in [0.2, 0.25) is 0 Å². The second-order valence-electron chi connectivity index (χ2n) is 4.83. The number of hydrogen-bond donors (Lipinski definition) is 1. The lowest BCUT2D eigenvalue weighted by Crippen LogP contribution is -2.06. The molecule has 1 N–H and O–H groups in total. The van der Waals surface area contributed by atoms with Crippen molar-refractivity contribution < 1.29 is 0 Å². The predicted octanol–water partition coefficient (Wildman–Crippen LogP) is 5.75. The van der Waals surface area contributed by atoms with Crippen molar-refractivity contribution in [3.8, 4) is 10.6 Å². The van der Waals surface area contributed by atoms with Crippen LogP contribution in [0.3, 0.4) is 0 Å². The van der Waals surface area contributed by atoms with Crippen LogP contribution in [0.5, 0.6) is 0 Å². The summed E-state index contributed by atoms with van der Waals surface area (Å²) in [7, 11) is 0. The lowest BCUT2D eigenvalue weighted by Gasteiger charge is -2.16. The minimum atomic E-state index is 0.267. The van der Waals surface area contributed by atoms with E-state index in [0.29, 0.717) is 0 Å². The summed E-state index contributed by atoms with van der Waals surface area (Å²) in [5.74, 6) is 0. The molecule has 0 radical (unpaired) electrons. The number of aromatic nitrogens is 1. The lowest BCUT2D eigenvalue weighted by atomic mass is 10.1. The topological polar surface area (TPSA) is 24.9 Å². The number of nitrogens with zero attached hydrogens (tertiary/aromatic N) is 1. The number of hydrogen-bond acceptors (Lipinski definition) is 3. The zero-order valence-electron chi connectivity index (χ0n) is 11.6. The molecule has 1 heterocycles. The molecule has 0 bridgehead atoms. The third-order valence-electron chi connectivity index (χ3n) is 3.32. The normalized spacial score (nSPS) is 12.1. The molecular weight excluding hydrogens is 344 g/mol. The maximum absolute atomic E-state index is 4.33. The molecule has 0 saturated carbocycles. The second-order valence-corrected chi connectivity index (χ2v) is 6.64. The van der Waals surface area contributed by atoms with Gasteiger partial charge in [-0.1, -0.05) is 28.1 Å². The van der Waals surface area contributed by atoms with Crippen LogP contribution in [0.15, 0.2) is 64.6 Å². The molecule has 4 heteroatoms. The van der Waals surface area contributed by atoms with Gasteiger partial charge in [-0.3, -0.25) is 0 Å². The van der Waals surface area contributed by atoms with Gasteiger partial charge in [-0.15, -0.1) is 11.3 Å². The zero-order chi connectivity index (χ0) is 14.7. The predicted molar refractivity (Wildman–Crippen MR) is 93.7 cm³/mol. The largest absolute Gasteiger partial charge is 0.379 e. The summed E-state index contributed by atoms with van der Waals surface area (Å²) in [4.78, 5) is 4.33. The maximum Gasteiger partial charge on any atom is 0.123 e. The highest BCUT2D eigenvalue weighted by Crippen LogP contribution is 2.25. The molecule has 0 aliphatic carbocycles. The van der Waals surface area contributed by atoms with Crippen molar-refractivity contribution in [3.05, 3.63) is 70.1 Å². The van der Waals surface area contributed by atoms with E-state index in [-0.39, 0.29) is 6.04 Å². The molecule has 0 aliphatic heterocycles. The summed E-state index contributed by atoms with van der Waals surface area (Å²) in [5, 5.41) is 6.57. The van der Waals surface area contributed by atoms with Gasteiger partial charge < -0.3 is 5.32 Å². The minimum absolute atomic E-state index is 0.267. The van der Waals surface area contributed by atoms with Gasteiger partial charge >= 0.3 is 0 Å². The Morgan fingerprint density at radius 1 is 1.05 bits per heavy atom. The molecule has 0 aliphatic rings. The number of halogens is 1. The Hall–Kier alpha value is -1.65. The quantitative estimate of drug-likeness (QED) is 0.642. The number of rotatable bonds is 4. The standard InChI is InChI=1S/C17H15BrN2S/c1-12(13-2-6-15(18)7-3-13)20-16-8-4-14(5-9-16)17-19-10-11-21-17/h2-12,20H,1H3. The van der Waals surface area contributed by atoms with Crippen LogP contribution in [0.2, 0.25) is 0 Å². The molecule has 0 fully saturated rings. The highest BCUT2D eigenvalue weighted by molar-refractivity contribution is 9.10. The summed E-state index contributed by atoms with van der Waals surface area (Å²) in [5.41, 5.74) is 3.54. The van der Waals surface area contributed by atoms with Crippen molar-refractivity contribution in [1.29, 1.82) is 0 Å². The third kappa shape index (κ3) is 3.52. The van der Waals surface area contributed by atoms with Crippen LogP contribution < -0.4 is 5.32 Å². The number of anilines is 1. The highest BCUT2D eigenvalue weighted by Gasteiger charge is 2.06. The maximum atomic E-state index is 4.33. The summed E-state index contributed by atoms with van der Waals surface area (Å²) in [6, 6.07) is 17.1. The van der Waals surface area contributed by atoms with Gasteiger partial charge in [0.05, 0.1) is 0 Å². The zero-order valence-corrected chi connectivity index (χ0v) is 14.0. The summed E-state index contributed by atoms with van der Waals surface area (Å²) in [6.07, 6.45) is 1.84. The van der Waals surface area contributed by atoms with E-state index in [1.807, 2.05) is 11.6 Å². The van der Waals surface area contributed by atoms with Gasteiger partial charge in [0.1, 0.15) is 5.01 Å². The van der Waals surface area contributed by atoms with E-state index in [0.717, 1.165) is 20.7 Å². The average Bonchev–Trinajstić information content (AvgIpc) is 3.03. The van der Waals surface area contributed by atoms with E-state index in [1.165, 1.54) is 5.56 Å². The van der Waals surface area contributed by atoms with Crippen LogP contribution in [0.25, 0.3) is 10.6 Å². The SMILES string of the molecule is CC(Nc1ccc(-c2nccs2)cc1)c1ccc(Br)cc1. The molecule has 21 heavy (non-hydrogen) atoms. The monoisotopic (exact) mass is 358 g/mol. The van der Waals surface area contributed by atoms with Crippen molar-refractivity contribution in [1.82, 2.24) is 4.98 Å². The van der Waals surface area contributed by atoms with Crippen LogP contribution in [0.1, 0.15) is 18.5 Å². The fraction of sp³-hybridized carbons (Fsp3) is 0.118. The molecule has 106 valence electrons. The van der Waals surface area contributed by atoms with E-state index >= 15 is 0 Å². The van der Waals surface area contributed by atoms with Crippen molar-refractivity contribution in [2.24, 2.45) is 0 Å². The molecule has 3 rings (SSSR count). The van der Waals surface area contributed by atoms with Gasteiger partial charge in [-0.25, -0.2) is 4.98 Å². The Kier molecular flexibility index (Phi) is 4.36. The van der Waals surface area contributed by atoms with E-state index < -0.39 is 0 Å². The molecule has 1 unspecified atom stereocenters. The van der Waals surface area contributed by atoms with Gasteiger partial charge in [-0.2, -0.15) is 0 Å². The molecule has 0 spiro atoms. The van der Waals surface area contributed by atoms with Crippen molar-refractivity contribution >= 4 is 33.0 Å². The summed E-state index contributed by atoms with van der Waals surface area (Å²) < 4.78 is 1.10. The molecule has 2 nitrogen and oxygen atoms in total. The van der Waals surface area contributed by atoms with E-state index in [1.54, 1.807) is 11.3 Å². The van der Waals surface area contributed by atoms with Crippen LogP contribution >= 0.6 is 27.3 Å². The first-order valence-corrected chi connectivity index (χ1v) is 8.41. The van der Waals surface area contributed by atoms with Crippen LogP contribution in [-0.2, 0) is 0 Å². The van der Waals surface area contributed by atoms with Crippen molar-refractivity contribution in [2.75, 3.05) is 5.32 Å². The van der Waals surface area contributed by atoms with E-state index in [9.17, 15) is 0 Å². The molecular formula is C17H15BrN2S. The van der Waals surface area contributed by atoms with Gasteiger partial charge in [0, 0.05) is 33.3 Å². The number of thiazole rings is 1. The highest BCUT2D eigenvalue weighted by atomic mass is 79.9. The van der Waals surface area contributed by atoms with E-state index in [2.05, 4.69) is 81.7 Å². The van der Waals surface area contributed by atoms with Crippen LogP contribution in [0.4, 0.5) is 5.69 Å². The molecule has 0 saturated heterocycles. The molecule has 1 aromatic heterocycles. The van der Waals surface area contributed by atoms with Crippen LogP contribution in [0, 0.1) is 0 Å². The third-order valence-corrected chi connectivity index (χ3v) is 4.67. The second kappa shape index (κ2) is 6.41. The van der Waals surface area contributed by atoms with Crippen molar-refractivity contribution in [2.45, 2.75) is 13.0 Å². The Bertz CT molecular complexity index is 691. The fourth-order valence-corrected chi connectivity index (χ4v) is 3.07. The smallest absolute Gasteiger partial charge is 0.123 e. The Balaban J connectivity index is 1.71. The average molecular weight is 359 g/mol. The van der Waals surface area contributed by atoms with E-state index in [4.69, 9.17) is 0 Å². The fourth-order valence-electron chi connectivity index (χ4n) is 2.16. The van der Waals surface area contributed by atoms with Gasteiger partial charge in [0.15, 0.2) is 0 Å². The minimum Gasteiger partial charge on any atom is -0.379 e. The first-order valence-electron chi connectivity index (χ1n) is 6.74. The first kappa shape index (κ1) is 14.3. The van der Waals surface area contributed by atoms with Crippen LogP contribution in [-0.4, -0.2) is 4.98 Å². The van der Waals surface area contributed by atoms with Crippen molar-refractivity contribution in [3.63, 3.8) is 0 Å². The number of nitrogens with one attached hydrogen (secondary N) is 1. The Morgan fingerprint density at radius 2 is 1.76 bits per heavy atom. The Morgan fingerprint density at radius 3 is 2.38 bits per heavy atom. The first-order chi connectivity index (χ1) is 10.2. The number of benzene rings is 2. The summed E-state index contributed by atoms with van der Waals surface area (Å²) >= 11 is 5.12. The summed E-state index contributed by atoms with van der Waals surface area (Å²) in [6.45, 7) is 2.16. The Labute approximate surface area is 137 Å². The lowest BCUT2D eigenvalue weighted by molar-refractivity contribution is 0.884. The van der Waals surface area contributed by atoms with Gasteiger partial charge in [0.25, 0.3) is 0 Å². The molecule has 2 aromatic carbocycles. The molecule has 3 aromatic rings. The van der Waals surface area contributed by atoms with Gasteiger partial charge in [-0.05, 0) is 48.9 Å². The molecule has 1 atom stereocenters.